The van der Waals surface area contributed by atoms with Crippen LogP contribution in [0.25, 0.3) is 0 Å². The zero-order valence-electron chi connectivity index (χ0n) is 12.3. The highest BCUT2D eigenvalue weighted by atomic mass is 35.5. The van der Waals surface area contributed by atoms with Crippen LogP contribution in [0.15, 0.2) is 42.5 Å². The molecule has 3 nitrogen and oxygen atoms in total. The lowest BCUT2D eigenvalue weighted by atomic mass is 10.2. The van der Waals surface area contributed by atoms with Crippen LogP contribution in [0.4, 0.5) is 18.9 Å². The fourth-order valence-electron chi connectivity index (χ4n) is 1.80. The summed E-state index contributed by atoms with van der Waals surface area (Å²) in [6.07, 6.45) is -5.36. The van der Waals surface area contributed by atoms with Gasteiger partial charge in [0.15, 0.2) is 6.10 Å². The predicted molar refractivity (Wildman–Crippen MR) is 86.6 cm³/mol. The van der Waals surface area contributed by atoms with Crippen molar-refractivity contribution in [3.05, 3.63) is 58.1 Å². The number of alkyl halides is 3. The third-order valence-corrected chi connectivity index (χ3v) is 3.59. The van der Waals surface area contributed by atoms with Crippen LogP contribution >= 0.6 is 23.2 Å². The molecule has 1 N–H and O–H groups in total. The highest BCUT2D eigenvalue weighted by molar-refractivity contribution is 6.34. The molecule has 0 aliphatic rings. The number of amides is 1. The van der Waals surface area contributed by atoms with Gasteiger partial charge in [0.25, 0.3) is 5.91 Å². The summed E-state index contributed by atoms with van der Waals surface area (Å²) in [7, 11) is 0. The van der Waals surface area contributed by atoms with E-state index < -0.39 is 23.8 Å². The molecular formula is C16H12Cl2F3NO2. The molecule has 128 valence electrons. The Bertz CT molecular complexity index is 733. The van der Waals surface area contributed by atoms with Crippen molar-refractivity contribution in [2.45, 2.75) is 19.2 Å². The Labute approximate surface area is 146 Å². The zero-order chi connectivity index (χ0) is 17.9. The van der Waals surface area contributed by atoms with Gasteiger partial charge in [-0.3, -0.25) is 4.79 Å². The van der Waals surface area contributed by atoms with E-state index in [0.29, 0.717) is 5.02 Å². The minimum absolute atomic E-state index is 0.223. The molecule has 0 spiro atoms. The van der Waals surface area contributed by atoms with Gasteiger partial charge in [-0.15, -0.1) is 0 Å². The molecule has 0 heterocycles. The predicted octanol–water partition coefficient (Wildman–Crippen LogP) is 5.42. The van der Waals surface area contributed by atoms with Crippen LogP contribution in [0, 0.1) is 0 Å². The summed E-state index contributed by atoms with van der Waals surface area (Å²) in [6, 6.07) is 8.67. The first-order chi connectivity index (χ1) is 11.2. The molecule has 0 saturated carbocycles. The van der Waals surface area contributed by atoms with Crippen molar-refractivity contribution in [1.29, 1.82) is 0 Å². The molecule has 0 aliphatic carbocycles. The number of benzene rings is 2. The van der Waals surface area contributed by atoms with E-state index in [-0.39, 0.29) is 16.5 Å². The Hall–Kier alpha value is -1.92. The molecule has 0 radical (unpaired) electrons. The number of anilines is 1. The van der Waals surface area contributed by atoms with Crippen LogP contribution in [-0.2, 0) is 11.0 Å². The third-order valence-electron chi connectivity index (χ3n) is 3.05. The molecule has 8 heteroatoms. The van der Waals surface area contributed by atoms with Gasteiger partial charge in [-0.05, 0) is 43.3 Å². The number of rotatable bonds is 4. The Balaban J connectivity index is 2.02. The molecule has 2 rings (SSSR count). The van der Waals surface area contributed by atoms with E-state index in [1.807, 2.05) is 0 Å². The first-order valence-electron chi connectivity index (χ1n) is 6.76. The molecule has 1 amide bonds. The van der Waals surface area contributed by atoms with E-state index >= 15 is 0 Å². The largest absolute Gasteiger partial charge is 0.479 e. The van der Waals surface area contributed by atoms with E-state index in [1.165, 1.54) is 31.2 Å². The van der Waals surface area contributed by atoms with Crippen molar-refractivity contribution < 1.29 is 22.7 Å². The molecule has 0 bridgehead atoms. The molecule has 0 aromatic heterocycles. The fraction of sp³-hybridized carbons (Fsp3) is 0.188. The molecular weight excluding hydrogens is 366 g/mol. The van der Waals surface area contributed by atoms with Gasteiger partial charge in [0.2, 0.25) is 0 Å². The Kier molecular flexibility index (Phi) is 5.62. The van der Waals surface area contributed by atoms with Crippen LogP contribution in [0.5, 0.6) is 5.75 Å². The second-order valence-corrected chi connectivity index (χ2v) is 5.74. The molecule has 1 atom stereocenters. The maximum Gasteiger partial charge on any atom is 0.416 e. The number of halogens is 5. The van der Waals surface area contributed by atoms with Gasteiger partial charge in [0.1, 0.15) is 5.75 Å². The Morgan fingerprint density at radius 3 is 2.33 bits per heavy atom. The number of ether oxygens (including phenoxy) is 1. The number of hydrogen-bond donors (Lipinski definition) is 1. The third kappa shape index (κ3) is 4.79. The normalized spacial score (nSPS) is 12.6. The lowest BCUT2D eigenvalue weighted by Crippen LogP contribution is -2.30. The van der Waals surface area contributed by atoms with E-state index in [0.717, 1.165) is 12.1 Å². The van der Waals surface area contributed by atoms with Crippen molar-refractivity contribution in [2.75, 3.05) is 5.32 Å². The number of carbonyl (C=O) groups excluding carboxylic acids is 1. The van der Waals surface area contributed by atoms with Crippen LogP contribution in [0.1, 0.15) is 12.5 Å². The standard InChI is InChI=1S/C16H12Cl2F3NO2/c1-9(24-14-8-11(17)4-7-13(14)18)15(23)22-12-5-2-10(3-6-12)16(19,20)21/h2-9H,1H3,(H,22,23)/t9-/m0/s1. The number of nitrogens with one attached hydrogen (secondary N) is 1. The van der Waals surface area contributed by atoms with Crippen molar-refractivity contribution in [1.82, 2.24) is 0 Å². The maximum absolute atomic E-state index is 12.5. The lowest BCUT2D eigenvalue weighted by molar-refractivity contribution is -0.137. The summed E-state index contributed by atoms with van der Waals surface area (Å²) in [4.78, 5) is 12.1. The summed E-state index contributed by atoms with van der Waals surface area (Å²) < 4.78 is 42.9. The van der Waals surface area contributed by atoms with Gasteiger partial charge in [-0.2, -0.15) is 13.2 Å². The Morgan fingerprint density at radius 2 is 1.75 bits per heavy atom. The topological polar surface area (TPSA) is 38.3 Å². The quantitative estimate of drug-likeness (QED) is 0.772. The highest BCUT2D eigenvalue weighted by Crippen LogP contribution is 2.30. The first-order valence-corrected chi connectivity index (χ1v) is 7.52. The molecule has 0 aliphatic heterocycles. The minimum Gasteiger partial charge on any atom is -0.479 e. The SMILES string of the molecule is C[C@H](Oc1cc(Cl)ccc1Cl)C(=O)Nc1ccc(C(F)(F)F)cc1. The molecule has 0 unspecified atom stereocenters. The summed E-state index contributed by atoms with van der Waals surface area (Å²) >= 11 is 11.8. The molecule has 0 fully saturated rings. The van der Waals surface area contributed by atoms with Crippen LogP contribution in [0.3, 0.4) is 0 Å². The summed E-state index contributed by atoms with van der Waals surface area (Å²) in [6.45, 7) is 1.48. The lowest BCUT2D eigenvalue weighted by Gasteiger charge is -2.16. The summed E-state index contributed by atoms with van der Waals surface area (Å²) in [5, 5.41) is 3.15. The van der Waals surface area contributed by atoms with Crippen LogP contribution in [0.2, 0.25) is 10.0 Å². The van der Waals surface area contributed by atoms with E-state index in [4.69, 9.17) is 27.9 Å². The number of hydrogen-bond acceptors (Lipinski definition) is 2. The Morgan fingerprint density at radius 1 is 1.12 bits per heavy atom. The number of carbonyl (C=O) groups is 1. The zero-order valence-corrected chi connectivity index (χ0v) is 13.8. The van der Waals surface area contributed by atoms with Gasteiger partial charge in [-0.25, -0.2) is 0 Å². The second kappa shape index (κ2) is 7.32. The van der Waals surface area contributed by atoms with Gasteiger partial charge < -0.3 is 10.1 Å². The van der Waals surface area contributed by atoms with E-state index in [1.54, 1.807) is 6.07 Å². The average molecular weight is 378 g/mol. The fourth-order valence-corrected chi connectivity index (χ4v) is 2.12. The van der Waals surface area contributed by atoms with Crippen molar-refractivity contribution >= 4 is 34.8 Å². The van der Waals surface area contributed by atoms with Gasteiger partial charge in [0.05, 0.1) is 10.6 Å². The molecule has 0 saturated heterocycles. The van der Waals surface area contributed by atoms with Crippen LogP contribution in [-0.4, -0.2) is 12.0 Å². The smallest absolute Gasteiger partial charge is 0.416 e. The molecule has 2 aromatic carbocycles. The molecule has 24 heavy (non-hydrogen) atoms. The van der Waals surface area contributed by atoms with Gasteiger partial charge >= 0.3 is 6.18 Å². The van der Waals surface area contributed by atoms with E-state index in [2.05, 4.69) is 5.32 Å². The average Bonchev–Trinajstić information content (AvgIpc) is 2.50. The van der Waals surface area contributed by atoms with Crippen LogP contribution < -0.4 is 10.1 Å². The van der Waals surface area contributed by atoms with Gasteiger partial charge in [-0.1, -0.05) is 23.2 Å². The van der Waals surface area contributed by atoms with Crippen molar-refractivity contribution in [3.8, 4) is 5.75 Å². The maximum atomic E-state index is 12.5. The van der Waals surface area contributed by atoms with Crippen molar-refractivity contribution in [3.63, 3.8) is 0 Å². The highest BCUT2D eigenvalue weighted by Gasteiger charge is 2.30. The monoisotopic (exact) mass is 377 g/mol. The minimum atomic E-state index is -4.43. The first kappa shape index (κ1) is 18.4. The van der Waals surface area contributed by atoms with Gasteiger partial charge in [0, 0.05) is 16.8 Å². The second-order valence-electron chi connectivity index (χ2n) is 4.90. The van der Waals surface area contributed by atoms with E-state index in [9.17, 15) is 18.0 Å². The molecule has 2 aromatic rings. The summed E-state index contributed by atoms with van der Waals surface area (Å²) in [5.41, 5.74) is -0.573. The summed E-state index contributed by atoms with van der Waals surface area (Å²) in [5.74, 6) is -0.301. The van der Waals surface area contributed by atoms with Crippen molar-refractivity contribution in [2.24, 2.45) is 0 Å².